The second kappa shape index (κ2) is 4.67. The van der Waals surface area contributed by atoms with Crippen LogP contribution in [0.1, 0.15) is 6.42 Å². The molecular formula is C9H13NO3. The lowest BCUT2D eigenvalue weighted by Crippen LogP contribution is -2.18. The minimum Gasteiger partial charge on any atom is -0.484 e. The molecule has 1 rings (SSSR count). The first kappa shape index (κ1) is 9.80. The second-order valence-corrected chi connectivity index (χ2v) is 2.90. The van der Waals surface area contributed by atoms with Crippen LogP contribution in [0.25, 0.3) is 0 Å². The van der Waals surface area contributed by atoms with Crippen molar-refractivity contribution in [3.05, 3.63) is 24.0 Å². The average Bonchev–Trinajstić information content (AvgIpc) is 2.15. The van der Waals surface area contributed by atoms with Crippen molar-refractivity contribution in [2.24, 2.45) is 11.7 Å². The maximum Gasteiger partial charge on any atom is 0.255 e. The zero-order chi connectivity index (χ0) is 9.68. The molecule has 0 saturated heterocycles. The summed E-state index contributed by atoms with van der Waals surface area (Å²) in [5, 5.41) is 8.80. The summed E-state index contributed by atoms with van der Waals surface area (Å²) in [6, 6.07) is 0. The zero-order valence-corrected chi connectivity index (χ0v) is 7.27. The lowest BCUT2D eigenvalue weighted by atomic mass is 10.0. The Hall–Kier alpha value is -1.29. The summed E-state index contributed by atoms with van der Waals surface area (Å²) in [5.41, 5.74) is 4.91. The van der Waals surface area contributed by atoms with Gasteiger partial charge in [0, 0.05) is 12.5 Å². The maximum atomic E-state index is 10.4. The van der Waals surface area contributed by atoms with Gasteiger partial charge in [-0.05, 0) is 18.6 Å². The Kier molecular flexibility index (Phi) is 3.52. The van der Waals surface area contributed by atoms with Crippen LogP contribution < -0.4 is 5.73 Å². The molecule has 0 aromatic heterocycles. The number of rotatable bonds is 4. The normalized spacial score (nSPS) is 21.0. The van der Waals surface area contributed by atoms with Crippen LogP contribution in [0, 0.1) is 5.92 Å². The molecule has 0 bridgehead atoms. The highest BCUT2D eigenvalue weighted by atomic mass is 16.5. The van der Waals surface area contributed by atoms with E-state index in [1.54, 1.807) is 6.08 Å². The van der Waals surface area contributed by atoms with Gasteiger partial charge in [0.25, 0.3) is 5.91 Å². The predicted octanol–water partition coefficient (Wildman–Crippen LogP) is -0.0594. The summed E-state index contributed by atoms with van der Waals surface area (Å²) in [6.45, 7) is 0.0378. The number of carbonyl (C=O) groups excluding carboxylic acids is 1. The van der Waals surface area contributed by atoms with Crippen molar-refractivity contribution >= 4 is 5.91 Å². The molecule has 1 aliphatic carbocycles. The Balaban J connectivity index is 2.34. The number of hydrogen-bond acceptors (Lipinski definition) is 3. The molecule has 72 valence electrons. The Labute approximate surface area is 76.7 Å². The van der Waals surface area contributed by atoms with Gasteiger partial charge in [-0.15, -0.1) is 0 Å². The van der Waals surface area contributed by atoms with Crippen molar-refractivity contribution in [1.29, 1.82) is 0 Å². The molecular weight excluding hydrogens is 170 g/mol. The van der Waals surface area contributed by atoms with Gasteiger partial charge in [-0.2, -0.15) is 0 Å². The van der Waals surface area contributed by atoms with E-state index >= 15 is 0 Å². The number of primary amides is 1. The third kappa shape index (κ3) is 3.29. The summed E-state index contributed by atoms with van der Waals surface area (Å²) >= 11 is 0. The quantitative estimate of drug-likeness (QED) is 0.641. The van der Waals surface area contributed by atoms with Crippen LogP contribution in [0.4, 0.5) is 0 Å². The standard InChI is InChI=1S/C9H13NO3/c10-9(12)6-13-8-3-1-7(5-11)2-4-8/h1,3-4,7,11H,2,5-6H2,(H2,10,12). The predicted molar refractivity (Wildman–Crippen MR) is 47.6 cm³/mol. The smallest absolute Gasteiger partial charge is 0.255 e. The highest BCUT2D eigenvalue weighted by Gasteiger charge is 2.08. The van der Waals surface area contributed by atoms with Gasteiger partial charge < -0.3 is 15.6 Å². The Bertz CT molecular complexity index is 245. The fourth-order valence-corrected chi connectivity index (χ4v) is 1.04. The number of hydrogen-bond donors (Lipinski definition) is 2. The molecule has 0 saturated carbocycles. The average molecular weight is 183 g/mol. The molecule has 1 unspecified atom stereocenters. The molecule has 3 N–H and O–H groups in total. The van der Waals surface area contributed by atoms with Gasteiger partial charge in [-0.25, -0.2) is 0 Å². The second-order valence-electron chi connectivity index (χ2n) is 2.90. The van der Waals surface area contributed by atoms with Crippen LogP contribution in [0.5, 0.6) is 0 Å². The van der Waals surface area contributed by atoms with Crippen LogP contribution in [-0.4, -0.2) is 24.2 Å². The van der Waals surface area contributed by atoms with Crippen LogP contribution in [0.15, 0.2) is 24.0 Å². The van der Waals surface area contributed by atoms with E-state index in [1.165, 1.54) is 0 Å². The Morgan fingerprint density at radius 3 is 3.00 bits per heavy atom. The molecule has 13 heavy (non-hydrogen) atoms. The van der Waals surface area contributed by atoms with Gasteiger partial charge in [0.05, 0.1) is 0 Å². The van der Waals surface area contributed by atoms with E-state index in [0.717, 1.165) is 6.42 Å². The minimum absolute atomic E-state index is 0.0973. The van der Waals surface area contributed by atoms with Crippen molar-refractivity contribution in [3.63, 3.8) is 0 Å². The van der Waals surface area contributed by atoms with Crippen LogP contribution >= 0.6 is 0 Å². The largest absolute Gasteiger partial charge is 0.484 e. The molecule has 0 heterocycles. The lowest BCUT2D eigenvalue weighted by molar-refractivity contribution is -0.121. The van der Waals surface area contributed by atoms with Crippen molar-refractivity contribution in [2.45, 2.75) is 6.42 Å². The fourth-order valence-electron chi connectivity index (χ4n) is 1.04. The summed E-state index contributed by atoms with van der Waals surface area (Å²) in [5.74, 6) is 0.322. The molecule has 1 amide bonds. The van der Waals surface area contributed by atoms with E-state index in [-0.39, 0.29) is 19.1 Å². The minimum atomic E-state index is -0.487. The Morgan fingerprint density at radius 2 is 2.54 bits per heavy atom. The maximum absolute atomic E-state index is 10.4. The third-order valence-electron chi connectivity index (χ3n) is 1.77. The van der Waals surface area contributed by atoms with Gasteiger partial charge in [-0.1, -0.05) is 6.08 Å². The molecule has 0 radical (unpaired) electrons. The molecule has 4 heteroatoms. The fraction of sp³-hybridized carbons (Fsp3) is 0.444. The summed E-state index contributed by atoms with van der Waals surface area (Å²) < 4.78 is 5.06. The van der Waals surface area contributed by atoms with Gasteiger partial charge in [-0.3, -0.25) is 4.79 Å². The summed E-state index contributed by atoms with van der Waals surface area (Å²) in [4.78, 5) is 10.4. The van der Waals surface area contributed by atoms with E-state index < -0.39 is 5.91 Å². The van der Waals surface area contributed by atoms with Gasteiger partial charge in [0.2, 0.25) is 0 Å². The molecule has 0 spiro atoms. The number of nitrogens with two attached hydrogens (primary N) is 1. The molecule has 0 fully saturated rings. The zero-order valence-electron chi connectivity index (χ0n) is 7.27. The molecule has 1 atom stereocenters. The van der Waals surface area contributed by atoms with Crippen molar-refractivity contribution < 1.29 is 14.6 Å². The molecule has 0 aromatic carbocycles. The monoisotopic (exact) mass is 183 g/mol. The van der Waals surface area contributed by atoms with E-state index in [2.05, 4.69) is 0 Å². The molecule has 4 nitrogen and oxygen atoms in total. The van der Waals surface area contributed by atoms with E-state index in [0.29, 0.717) is 5.76 Å². The van der Waals surface area contributed by atoms with E-state index in [9.17, 15) is 4.79 Å². The highest BCUT2D eigenvalue weighted by molar-refractivity contribution is 5.75. The third-order valence-corrected chi connectivity index (χ3v) is 1.77. The first-order valence-electron chi connectivity index (χ1n) is 4.12. The van der Waals surface area contributed by atoms with Gasteiger partial charge in [0.15, 0.2) is 6.61 Å². The summed E-state index contributed by atoms with van der Waals surface area (Å²) in [6.07, 6.45) is 6.18. The van der Waals surface area contributed by atoms with E-state index in [1.807, 2.05) is 12.2 Å². The molecule has 0 aliphatic heterocycles. The summed E-state index contributed by atoms with van der Waals surface area (Å²) in [7, 11) is 0. The Morgan fingerprint density at radius 1 is 1.77 bits per heavy atom. The highest BCUT2D eigenvalue weighted by Crippen LogP contribution is 2.16. The van der Waals surface area contributed by atoms with E-state index in [4.69, 9.17) is 15.6 Å². The van der Waals surface area contributed by atoms with Crippen molar-refractivity contribution in [1.82, 2.24) is 0 Å². The number of aliphatic hydroxyl groups excluding tert-OH is 1. The number of amides is 1. The lowest BCUT2D eigenvalue weighted by Gasteiger charge is -2.13. The van der Waals surface area contributed by atoms with Crippen LogP contribution in [0.2, 0.25) is 0 Å². The van der Waals surface area contributed by atoms with Crippen molar-refractivity contribution in [3.8, 4) is 0 Å². The molecule has 0 aromatic rings. The first-order valence-corrected chi connectivity index (χ1v) is 4.12. The number of carbonyl (C=O) groups is 1. The van der Waals surface area contributed by atoms with Crippen LogP contribution in [-0.2, 0) is 9.53 Å². The first-order chi connectivity index (χ1) is 6.22. The number of allylic oxidation sites excluding steroid dienone is 2. The van der Waals surface area contributed by atoms with Crippen molar-refractivity contribution in [2.75, 3.05) is 13.2 Å². The topological polar surface area (TPSA) is 72.6 Å². The van der Waals surface area contributed by atoms with Gasteiger partial charge in [0.1, 0.15) is 5.76 Å². The molecule has 1 aliphatic rings. The number of ether oxygens (including phenoxy) is 1. The van der Waals surface area contributed by atoms with Gasteiger partial charge >= 0.3 is 0 Å². The number of aliphatic hydroxyl groups is 1. The van der Waals surface area contributed by atoms with Crippen LogP contribution in [0.3, 0.4) is 0 Å². The SMILES string of the molecule is NC(=O)COC1=CCC(CO)C=C1.